The van der Waals surface area contributed by atoms with E-state index in [4.69, 9.17) is 0 Å². The number of benzene rings is 1. The molecule has 1 unspecified atom stereocenters. The SMILES string of the molecule is C=CCC(O)c1cc(Br)c(F)cc1F. The van der Waals surface area contributed by atoms with Crippen molar-refractivity contribution in [1.29, 1.82) is 0 Å². The van der Waals surface area contributed by atoms with Crippen LogP contribution in [0.3, 0.4) is 0 Å². The van der Waals surface area contributed by atoms with Crippen molar-refractivity contribution in [2.75, 3.05) is 0 Å². The molecule has 0 aliphatic rings. The molecule has 0 amide bonds. The number of hydrogen-bond acceptors (Lipinski definition) is 1. The molecule has 0 spiro atoms. The lowest BCUT2D eigenvalue weighted by Crippen LogP contribution is -2.00. The molecule has 4 heteroatoms. The molecule has 1 atom stereocenters. The van der Waals surface area contributed by atoms with Gasteiger partial charge in [-0.3, -0.25) is 0 Å². The van der Waals surface area contributed by atoms with Crippen LogP contribution in [0.2, 0.25) is 0 Å². The summed E-state index contributed by atoms with van der Waals surface area (Å²) in [4.78, 5) is 0. The van der Waals surface area contributed by atoms with Crippen LogP contribution in [0.1, 0.15) is 18.1 Å². The van der Waals surface area contributed by atoms with Crippen molar-refractivity contribution >= 4 is 15.9 Å². The molecule has 0 saturated carbocycles. The zero-order valence-electron chi connectivity index (χ0n) is 7.30. The fraction of sp³-hybridized carbons (Fsp3) is 0.200. The molecule has 0 aliphatic heterocycles. The first-order chi connectivity index (χ1) is 6.56. The fourth-order valence-electron chi connectivity index (χ4n) is 1.08. The van der Waals surface area contributed by atoms with Crippen LogP contribution >= 0.6 is 15.9 Å². The van der Waals surface area contributed by atoms with E-state index in [9.17, 15) is 13.9 Å². The second kappa shape index (κ2) is 4.66. The third-order valence-corrected chi connectivity index (χ3v) is 2.40. The highest BCUT2D eigenvalue weighted by atomic mass is 79.9. The summed E-state index contributed by atoms with van der Waals surface area (Å²) in [5, 5.41) is 9.46. The average molecular weight is 263 g/mol. The van der Waals surface area contributed by atoms with Gasteiger partial charge in [0.25, 0.3) is 0 Å². The van der Waals surface area contributed by atoms with Crippen LogP contribution in [0, 0.1) is 11.6 Å². The lowest BCUT2D eigenvalue weighted by atomic mass is 10.1. The van der Waals surface area contributed by atoms with Gasteiger partial charge in [0.15, 0.2) is 0 Å². The molecule has 0 aliphatic carbocycles. The summed E-state index contributed by atoms with van der Waals surface area (Å²) >= 11 is 2.92. The summed E-state index contributed by atoms with van der Waals surface area (Å²) in [6.07, 6.45) is 0.723. The molecular formula is C10H9BrF2O. The Labute approximate surface area is 89.2 Å². The summed E-state index contributed by atoms with van der Waals surface area (Å²) in [5.74, 6) is -1.43. The number of hydrogen-bond donors (Lipinski definition) is 1. The van der Waals surface area contributed by atoms with E-state index in [0.29, 0.717) is 0 Å². The van der Waals surface area contributed by atoms with E-state index in [1.54, 1.807) is 0 Å². The molecule has 0 fully saturated rings. The van der Waals surface area contributed by atoms with Crippen molar-refractivity contribution in [3.05, 3.63) is 46.5 Å². The first-order valence-electron chi connectivity index (χ1n) is 3.99. The molecule has 14 heavy (non-hydrogen) atoms. The van der Waals surface area contributed by atoms with Crippen molar-refractivity contribution in [3.8, 4) is 0 Å². The maximum atomic E-state index is 13.1. The van der Waals surface area contributed by atoms with Gasteiger partial charge in [-0.2, -0.15) is 0 Å². The van der Waals surface area contributed by atoms with E-state index in [-0.39, 0.29) is 16.5 Å². The van der Waals surface area contributed by atoms with Gasteiger partial charge in [-0.1, -0.05) is 6.08 Å². The normalized spacial score (nSPS) is 12.6. The lowest BCUT2D eigenvalue weighted by molar-refractivity contribution is 0.176. The van der Waals surface area contributed by atoms with Gasteiger partial charge in [-0.25, -0.2) is 8.78 Å². The zero-order chi connectivity index (χ0) is 10.7. The van der Waals surface area contributed by atoms with Gasteiger partial charge in [0, 0.05) is 11.6 Å². The number of aliphatic hydroxyl groups excluding tert-OH is 1. The summed E-state index contributed by atoms with van der Waals surface area (Å²) in [7, 11) is 0. The van der Waals surface area contributed by atoms with Gasteiger partial charge in [0.2, 0.25) is 0 Å². The number of aliphatic hydroxyl groups is 1. The van der Waals surface area contributed by atoms with E-state index in [2.05, 4.69) is 22.5 Å². The molecule has 1 aromatic carbocycles. The van der Waals surface area contributed by atoms with Gasteiger partial charge in [-0.05, 0) is 28.4 Å². The van der Waals surface area contributed by atoms with Gasteiger partial charge in [-0.15, -0.1) is 6.58 Å². The Morgan fingerprint density at radius 2 is 2.07 bits per heavy atom. The Morgan fingerprint density at radius 3 is 2.64 bits per heavy atom. The van der Waals surface area contributed by atoms with Gasteiger partial charge in [0.05, 0.1) is 10.6 Å². The number of rotatable bonds is 3. The molecule has 0 saturated heterocycles. The Kier molecular flexibility index (Phi) is 3.77. The van der Waals surface area contributed by atoms with Crippen molar-refractivity contribution in [2.24, 2.45) is 0 Å². The van der Waals surface area contributed by atoms with Crippen molar-refractivity contribution in [3.63, 3.8) is 0 Å². The molecule has 0 bridgehead atoms. The van der Waals surface area contributed by atoms with E-state index >= 15 is 0 Å². The third kappa shape index (κ3) is 2.39. The summed E-state index contributed by atoms with van der Waals surface area (Å²) < 4.78 is 26.1. The first kappa shape index (κ1) is 11.3. The van der Waals surface area contributed by atoms with Crippen LogP contribution in [0.25, 0.3) is 0 Å². The van der Waals surface area contributed by atoms with Gasteiger partial charge >= 0.3 is 0 Å². The van der Waals surface area contributed by atoms with E-state index < -0.39 is 17.7 Å². The van der Waals surface area contributed by atoms with Crippen molar-refractivity contribution < 1.29 is 13.9 Å². The van der Waals surface area contributed by atoms with E-state index in [0.717, 1.165) is 6.07 Å². The quantitative estimate of drug-likeness (QED) is 0.655. The molecule has 1 nitrogen and oxygen atoms in total. The van der Waals surface area contributed by atoms with Crippen LogP contribution in [-0.2, 0) is 0 Å². The lowest BCUT2D eigenvalue weighted by Gasteiger charge is -2.10. The van der Waals surface area contributed by atoms with Crippen LogP contribution in [0.4, 0.5) is 8.78 Å². The minimum atomic E-state index is -0.982. The summed E-state index contributed by atoms with van der Waals surface area (Å²) in [6, 6.07) is 1.98. The first-order valence-corrected chi connectivity index (χ1v) is 4.79. The van der Waals surface area contributed by atoms with Crippen LogP contribution < -0.4 is 0 Å². The van der Waals surface area contributed by atoms with E-state index in [1.165, 1.54) is 12.1 Å². The Balaban J connectivity index is 3.08. The molecule has 0 radical (unpaired) electrons. The standard InChI is InChI=1S/C10H9BrF2O/c1-2-3-10(14)6-4-7(11)9(13)5-8(6)12/h2,4-5,10,14H,1,3H2. The molecule has 1 N–H and O–H groups in total. The third-order valence-electron chi connectivity index (χ3n) is 1.79. The predicted octanol–water partition coefficient (Wildman–Crippen LogP) is 3.34. The van der Waals surface area contributed by atoms with E-state index in [1.807, 2.05) is 0 Å². The number of halogens is 3. The second-order valence-corrected chi connectivity index (χ2v) is 3.68. The molecule has 0 aromatic heterocycles. The van der Waals surface area contributed by atoms with Gasteiger partial charge < -0.3 is 5.11 Å². The molecule has 0 heterocycles. The minimum Gasteiger partial charge on any atom is -0.388 e. The smallest absolute Gasteiger partial charge is 0.140 e. The molecule has 76 valence electrons. The Hall–Kier alpha value is -0.740. The summed E-state index contributed by atoms with van der Waals surface area (Å²) in [6.45, 7) is 3.43. The van der Waals surface area contributed by atoms with Crippen LogP contribution in [0.5, 0.6) is 0 Å². The monoisotopic (exact) mass is 262 g/mol. The fourth-order valence-corrected chi connectivity index (χ4v) is 1.44. The van der Waals surface area contributed by atoms with Crippen LogP contribution in [-0.4, -0.2) is 5.11 Å². The largest absolute Gasteiger partial charge is 0.388 e. The maximum absolute atomic E-state index is 13.1. The molecule has 1 rings (SSSR count). The highest BCUT2D eigenvalue weighted by Crippen LogP contribution is 2.26. The summed E-state index contributed by atoms with van der Waals surface area (Å²) in [5.41, 5.74) is 0.0678. The minimum absolute atomic E-state index is 0.0678. The topological polar surface area (TPSA) is 20.2 Å². The molecular weight excluding hydrogens is 254 g/mol. The average Bonchev–Trinajstić information content (AvgIpc) is 2.11. The van der Waals surface area contributed by atoms with Crippen LogP contribution in [0.15, 0.2) is 29.3 Å². The second-order valence-electron chi connectivity index (χ2n) is 2.83. The highest BCUT2D eigenvalue weighted by molar-refractivity contribution is 9.10. The predicted molar refractivity (Wildman–Crippen MR) is 53.8 cm³/mol. The zero-order valence-corrected chi connectivity index (χ0v) is 8.89. The Morgan fingerprint density at radius 1 is 1.43 bits per heavy atom. The highest BCUT2D eigenvalue weighted by Gasteiger charge is 2.14. The van der Waals surface area contributed by atoms with Crippen molar-refractivity contribution in [2.45, 2.75) is 12.5 Å². The molecule has 1 aromatic rings. The van der Waals surface area contributed by atoms with Crippen molar-refractivity contribution in [1.82, 2.24) is 0 Å². The maximum Gasteiger partial charge on any atom is 0.140 e. The van der Waals surface area contributed by atoms with Gasteiger partial charge in [0.1, 0.15) is 11.6 Å². The Bertz CT molecular complexity index is 352.